The molecular formula is C17H17N3O5S. The highest BCUT2D eigenvalue weighted by Crippen LogP contribution is 2.18. The number of para-hydroxylation sites is 1. The summed E-state index contributed by atoms with van der Waals surface area (Å²) in [7, 11) is -3.80. The maximum absolute atomic E-state index is 12.1. The van der Waals surface area contributed by atoms with E-state index in [4.69, 9.17) is 4.74 Å². The molecule has 0 heterocycles. The number of nitrogens with one attached hydrogen (secondary N) is 1. The first-order chi connectivity index (χ1) is 12.4. The van der Waals surface area contributed by atoms with Crippen molar-refractivity contribution in [1.82, 2.24) is 4.83 Å². The summed E-state index contributed by atoms with van der Waals surface area (Å²) in [6.07, 6.45) is 4.07. The Morgan fingerprint density at radius 3 is 2.54 bits per heavy atom. The molecule has 0 atom stereocenters. The number of nitrogens with zero attached hydrogens (tertiary/aromatic N) is 2. The van der Waals surface area contributed by atoms with Crippen molar-refractivity contribution in [3.05, 3.63) is 70.3 Å². The van der Waals surface area contributed by atoms with E-state index in [1.165, 1.54) is 36.6 Å². The molecule has 0 aliphatic rings. The van der Waals surface area contributed by atoms with Crippen molar-refractivity contribution in [2.75, 3.05) is 6.61 Å². The van der Waals surface area contributed by atoms with E-state index in [2.05, 4.69) is 9.93 Å². The number of hydrogen-bond acceptors (Lipinski definition) is 6. The first kappa shape index (κ1) is 19.1. The van der Waals surface area contributed by atoms with Crippen molar-refractivity contribution in [1.29, 1.82) is 0 Å². The fourth-order valence-corrected chi connectivity index (χ4v) is 2.82. The molecule has 0 amide bonds. The fraction of sp³-hybridized carbons (Fsp3) is 0.118. The second-order valence-electron chi connectivity index (χ2n) is 4.95. The zero-order valence-corrected chi connectivity index (χ0v) is 14.7. The third-order valence-corrected chi connectivity index (χ3v) is 4.43. The lowest BCUT2D eigenvalue weighted by atomic mass is 10.2. The van der Waals surface area contributed by atoms with Crippen LogP contribution >= 0.6 is 0 Å². The number of rotatable bonds is 8. The maximum atomic E-state index is 12.1. The smallest absolute Gasteiger partial charge is 0.276 e. The average Bonchev–Trinajstić information content (AvgIpc) is 2.62. The Morgan fingerprint density at radius 1 is 1.19 bits per heavy atom. The number of benzene rings is 2. The minimum Gasteiger partial charge on any atom is -0.494 e. The molecule has 0 aromatic heterocycles. The number of sulfonamides is 1. The summed E-state index contributed by atoms with van der Waals surface area (Å²) in [5.74, 6) is 0.572. The topological polar surface area (TPSA) is 111 Å². The minimum absolute atomic E-state index is 0.0424. The Hall–Kier alpha value is -3.20. The molecule has 2 aromatic carbocycles. The molecule has 136 valence electrons. The Kier molecular flexibility index (Phi) is 6.45. The average molecular weight is 375 g/mol. The Morgan fingerprint density at radius 2 is 1.88 bits per heavy atom. The van der Waals surface area contributed by atoms with Gasteiger partial charge in [0.05, 0.1) is 22.0 Å². The van der Waals surface area contributed by atoms with Gasteiger partial charge in [0.25, 0.3) is 15.7 Å². The van der Waals surface area contributed by atoms with Crippen molar-refractivity contribution in [2.24, 2.45) is 5.10 Å². The van der Waals surface area contributed by atoms with Crippen molar-refractivity contribution >= 4 is 28.0 Å². The zero-order chi connectivity index (χ0) is 19.0. The fourth-order valence-electron chi connectivity index (χ4n) is 2.02. The summed E-state index contributed by atoms with van der Waals surface area (Å²) < 4.78 is 29.5. The highest BCUT2D eigenvalue weighted by molar-refractivity contribution is 7.89. The van der Waals surface area contributed by atoms with Crippen LogP contribution in [0.5, 0.6) is 5.75 Å². The van der Waals surface area contributed by atoms with Gasteiger partial charge < -0.3 is 4.74 Å². The van der Waals surface area contributed by atoms with Gasteiger partial charge in [-0.05, 0) is 49.4 Å². The van der Waals surface area contributed by atoms with E-state index < -0.39 is 14.9 Å². The van der Waals surface area contributed by atoms with Crippen LogP contribution in [0, 0.1) is 10.1 Å². The Balaban J connectivity index is 2.02. The largest absolute Gasteiger partial charge is 0.494 e. The number of nitro groups is 1. The van der Waals surface area contributed by atoms with Crippen LogP contribution in [0.3, 0.4) is 0 Å². The van der Waals surface area contributed by atoms with Gasteiger partial charge in [-0.25, -0.2) is 4.83 Å². The van der Waals surface area contributed by atoms with Crippen molar-refractivity contribution < 1.29 is 18.1 Å². The lowest BCUT2D eigenvalue weighted by Gasteiger charge is -2.05. The second-order valence-corrected chi connectivity index (χ2v) is 6.61. The first-order valence-corrected chi connectivity index (χ1v) is 9.10. The quantitative estimate of drug-likeness (QED) is 0.433. The van der Waals surface area contributed by atoms with Crippen LogP contribution in [-0.2, 0) is 10.0 Å². The van der Waals surface area contributed by atoms with E-state index in [1.807, 2.05) is 6.92 Å². The number of allylic oxidation sites excluding steroid dienone is 1. The molecule has 0 fully saturated rings. The molecule has 0 unspecified atom stereocenters. The molecule has 0 bridgehead atoms. The Bertz CT molecular complexity index is 922. The van der Waals surface area contributed by atoms with Gasteiger partial charge in [-0.2, -0.15) is 13.5 Å². The predicted octanol–water partition coefficient (Wildman–Crippen LogP) is 2.97. The van der Waals surface area contributed by atoms with Crippen LogP contribution in [0.4, 0.5) is 5.69 Å². The SMILES string of the molecule is CCOc1ccc(S(=O)(=O)N/N=C/C=C/c2ccccc2[N+](=O)[O-])cc1. The molecule has 2 rings (SSSR count). The van der Waals surface area contributed by atoms with Gasteiger partial charge in [-0.1, -0.05) is 12.1 Å². The maximum Gasteiger partial charge on any atom is 0.276 e. The van der Waals surface area contributed by atoms with Gasteiger partial charge in [0.15, 0.2) is 0 Å². The summed E-state index contributed by atoms with van der Waals surface area (Å²) in [4.78, 5) is 12.5. The van der Waals surface area contributed by atoms with Gasteiger partial charge in [-0.15, -0.1) is 0 Å². The van der Waals surface area contributed by atoms with E-state index in [1.54, 1.807) is 30.3 Å². The van der Waals surface area contributed by atoms with Crippen LogP contribution in [0.2, 0.25) is 0 Å². The molecule has 9 heteroatoms. The summed E-state index contributed by atoms with van der Waals surface area (Å²) in [6, 6.07) is 12.1. The van der Waals surface area contributed by atoms with Gasteiger partial charge in [0.2, 0.25) is 0 Å². The van der Waals surface area contributed by atoms with Crippen molar-refractivity contribution in [3.63, 3.8) is 0 Å². The monoisotopic (exact) mass is 375 g/mol. The van der Waals surface area contributed by atoms with Crippen LogP contribution in [0.1, 0.15) is 12.5 Å². The molecule has 26 heavy (non-hydrogen) atoms. The Labute approximate surface area is 151 Å². The third-order valence-electron chi connectivity index (χ3n) is 3.19. The standard InChI is InChI=1S/C17H17N3O5S/c1-2-25-15-9-11-16(12-10-15)26(23,24)19-18-13-5-7-14-6-3-4-8-17(14)20(21)22/h3-13,19H,2H2,1H3/b7-5+,18-13+. The minimum atomic E-state index is -3.80. The highest BCUT2D eigenvalue weighted by Gasteiger charge is 2.12. The lowest BCUT2D eigenvalue weighted by molar-refractivity contribution is -0.385. The van der Waals surface area contributed by atoms with E-state index in [0.717, 1.165) is 0 Å². The molecule has 0 saturated carbocycles. The highest BCUT2D eigenvalue weighted by atomic mass is 32.2. The predicted molar refractivity (Wildman–Crippen MR) is 98.6 cm³/mol. The van der Waals surface area contributed by atoms with E-state index in [9.17, 15) is 18.5 Å². The summed E-state index contributed by atoms with van der Waals surface area (Å²) in [6.45, 7) is 2.32. The molecule has 8 nitrogen and oxygen atoms in total. The third kappa shape index (κ3) is 5.15. The zero-order valence-electron chi connectivity index (χ0n) is 13.9. The number of ether oxygens (including phenoxy) is 1. The summed E-state index contributed by atoms with van der Waals surface area (Å²) in [5, 5.41) is 14.5. The molecule has 1 N–H and O–H groups in total. The summed E-state index contributed by atoms with van der Waals surface area (Å²) in [5.41, 5.74) is 0.338. The van der Waals surface area contributed by atoms with Gasteiger partial charge in [0.1, 0.15) is 5.75 Å². The van der Waals surface area contributed by atoms with E-state index in [-0.39, 0.29) is 10.6 Å². The number of hydrazone groups is 1. The lowest BCUT2D eigenvalue weighted by Crippen LogP contribution is -2.18. The van der Waals surface area contributed by atoms with Gasteiger partial charge in [0, 0.05) is 12.3 Å². The number of hydrogen-bond donors (Lipinski definition) is 1. The molecule has 0 saturated heterocycles. The second kappa shape index (κ2) is 8.77. The van der Waals surface area contributed by atoms with Crippen LogP contribution in [0.25, 0.3) is 6.08 Å². The van der Waals surface area contributed by atoms with E-state index >= 15 is 0 Å². The van der Waals surface area contributed by atoms with E-state index in [0.29, 0.717) is 17.9 Å². The van der Waals surface area contributed by atoms with Crippen LogP contribution in [0.15, 0.2) is 64.6 Å². The van der Waals surface area contributed by atoms with Crippen LogP contribution in [-0.4, -0.2) is 26.2 Å². The van der Waals surface area contributed by atoms with Gasteiger partial charge in [-0.3, -0.25) is 10.1 Å². The van der Waals surface area contributed by atoms with Crippen molar-refractivity contribution in [2.45, 2.75) is 11.8 Å². The van der Waals surface area contributed by atoms with Crippen LogP contribution < -0.4 is 9.57 Å². The molecule has 0 aliphatic carbocycles. The van der Waals surface area contributed by atoms with Gasteiger partial charge >= 0.3 is 0 Å². The molecule has 0 radical (unpaired) electrons. The summed E-state index contributed by atoms with van der Waals surface area (Å²) >= 11 is 0. The molecule has 0 aliphatic heterocycles. The normalized spacial score (nSPS) is 11.7. The number of nitro benzene ring substituents is 1. The molecule has 0 spiro atoms. The molecule has 2 aromatic rings. The van der Waals surface area contributed by atoms with Crippen molar-refractivity contribution in [3.8, 4) is 5.75 Å². The molecular weight excluding hydrogens is 358 g/mol. The first-order valence-electron chi connectivity index (χ1n) is 7.62.